The Morgan fingerprint density at radius 3 is 2.33 bits per heavy atom. The van der Waals surface area contributed by atoms with Gasteiger partial charge in [0.05, 0.1) is 11.0 Å². The topological polar surface area (TPSA) is 62.0 Å². The first-order valence-corrected chi connectivity index (χ1v) is 12.7. The van der Waals surface area contributed by atoms with Gasteiger partial charge in [0, 0.05) is 57.6 Å². The molecule has 3 heterocycles. The Morgan fingerprint density at radius 2 is 1.56 bits per heavy atom. The van der Waals surface area contributed by atoms with Crippen molar-refractivity contribution in [1.82, 2.24) is 19.2 Å². The van der Waals surface area contributed by atoms with Crippen LogP contribution in [0.5, 0.6) is 0 Å². The van der Waals surface area contributed by atoms with Crippen LogP contribution >= 0.6 is 0 Å². The highest BCUT2D eigenvalue weighted by molar-refractivity contribution is 5.79. The highest BCUT2D eigenvalue weighted by atomic mass is 19.1. The molecule has 2 aromatic carbocycles. The van der Waals surface area contributed by atoms with Gasteiger partial charge in [-0.05, 0) is 67.9 Å². The van der Waals surface area contributed by atoms with Crippen LogP contribution in [0.2, 0.25) is 0 Å². The van der Waals surface area contributed by atoms with Crippen LogP contribution in [0.3, 0.4) is 0 Å². The second kappa shape index (κ2) is 11.0. The number of anilines is 1. The summed E-state index contributed by atoms with van der Waals surface area (Å²) in [7, 11) is 0. The van der Waals surface area contributed by atoms with Crippen LogP contribution in [0.1, 0.15) is 19.3 Å². The van der Waals surface area contributed by atoms with E-state index >= 15 is 0 Å². The molecule has 1 fully saturated rings. The Morgan fingerprint density at radius 1 is 0.833 bits per heavy atom. The third-order valence-electron chi connectivity index (χ3n) is 6.97. The maximum atomic E-state index is 13.1. The molecule has 1 amide bonds. The Balaban J connectivity index is 1.03. The number of amides is 1. The summed E-state index contributed by atoms with van der Waals surface area (Å²) < 4.78 is 16.8. The molecule has 1 aliphatic heterocycles. The van der Waals surface area contributed by atoms with Gasteiger partial charge in [0.25, 0.3) is 5.56 Å². The predicted molar refractivity (Wildman–Crippen MR) is 141 cm³/mol. The zero-order chi connectivity index (χ0) is 24.9. The molecule has 0 saturated carbocycles. The standard InChI is InChI=1S/C28H32FN5O2/c29-22-10-12-23(13-11-22)32-20-18-31(19-21-32)15-5-14-30-27(35)9-4-17-34-25-7-2-1-6-24(25)33-16-3-8-26(33)28(34)36/h1-3,6-8,10-13,16H,4-5,9,14-15,17-21H2,(H,30,35). The van der Waals surface area contributed by atoms with Crippen LogP contribution in [-0.4, -0.2) is 59.0 Å². The van der Waals surface area contributed by atoms with E-state index < -0.39 is 0 Å². The van der Waals surface area contributed by atoms with Crippen molar-refractivity contribution in [3.8, 4) is 0 Å². The van der Waals surface area contributed by atoms with Crippen molar-refractivity contribution in [1.29, 1.82) is 0 Å². The number of piperazine rings is 1. The van der Waals surface area contributed by atoms with E-state index in [2.05, 4.69) is 15.1 Å². The number of aromatic nitrogens is 2. The number of nitrogens with zero attached hydrogens (tertiary/aromatic N) is 4. The fourth-order valence-corrected chi connectivity index (χ4v) is 5.03. The fourth-order valence-electron chi connectivity index (χ4n) is 5.03. The van der Waals surface area contributed by atoms with Gasteiger partial charge in [-0.1, -0.05) is 12.1 Å². The largest absolute Gasteiger partial charge is 0.369 e. The number of hydrogen-bond acceptors (Lipinski definition) is 4. The van der Waals surface area contributed by atoms with Gasteiger partial charge in [0.1, 0.15) is 11.3 Å². The molecule has 1 saturated heterocycles. The van der Waals surface area contributed by atoms with Crippen molar-refractivity contribution in [3.63, 3.8) is 0 Å². The Bertz CT molecular complexity index is 1390. The van der Waals surface area contributed by atoms with Crippen molar-refractivity contribution in [2.45, 2.75) is 25.8 Å². The van der Waals surface area contributed by atoms with E-state index in [0.29, 0.717) is 31.4 Å². The minimum atomic E-state index is -0.208. The highest BCUT2D eigenvalue weighted by Crippen LogP contribution is 2.17. The molecule has 0 unspecified atom stereocenters. The lowest BCUT2D eigenvalue weighted by Gasteiger charge is -2.36. The molecule has 5 rings (SSSR count). The molecule has 1 N–H and O–H groups in total. The molecule has 7 nitrogen and oxygen atoms in total. The lowest BCUT2D eigenvalue weighted by Crippen LogP contribution is -2.47. The van der Waals surface area contributed by atoms with Crippen LogP contribution in [0.15, 0.2) is 71.7 Å². The smallest absolute Gasteiger partial charge is 0.275 e. The van der Waals surface area contributed by atoms with Crippen molar-refractivity contribution >= 4 is 28.1 Å². The summed E-state index contributed by atoms with van der Waals surface area (Å²) in [6.45, 7) is 5.85. The first-order chi connectivity index (χ1) is 17.6. The first-order valence-electron chi connectivity index (χ1n) is 12.7. The van der Waals surface area contributed by atoms with Gasteiger partial charge < -0.3 is 19.2 Å². The highest BCUT2D eigenvalue weighted by Gasteiger charge is 2.17. The van der Waals surface area contributed by atoms with E-state index in [-0.39, 0.29) is 17.3 Å². The number of fused-ring (bicyclic) bond motifs is 3. The minimum Gasteiger partial charge on any atom is -0.369 e. The molecule has 0 radical (unpaired) electrons. The third-order valence-corrected chi connectivity index (χ3v) is 6.97. The van der Waals surface area contributed by atoms with Crippen LogP contribution in [-0.2, 0) is 11.3 Å². The Labute approximate surface area is 209 Å². The SMILES string of the molecule is O=C(CCCn1c(=O)c2cccn2c2ccccc21)NCCCN1CCN(c2ccc(F)cc2)CC1. The summed E-state index contributed by atoms with van der Waals surface area (Å²) in [6.07, 6.45) is 3.81. The Hall–Kier alpha value is -3.65. The molecule has 0 atom stereocenters. The van der Waals surface area contributed by atoms with E-state index in [9.17, 15) is 14.0 Å². The lowest BCUT2D eigenvalue weighted by atomic mass is 10.2. The second-order valence-electron chi connectivity index (χ2n) is 9.32. The van der Waals surface area contributed by atoms with E-state index in [1.807, 2.05) is 59.1 Å². The van der Waals surface area contributed by atoms with Gasteiger partial charge in [-0.15, -0.1) is 0 Å². The molecular formula is C28H32FN5O2. The normalized spacial score (nSPS) is 14.5. The van der Waals surface area contributed by atoms with Gasteiger partial charge in [-0.2, -0.15) is 0 Å². The minimum absolute atomic E-state index is 0.0252. The summed E-state index contributed by atoms with van der Waals surface area (Å²) in [5, 5.41) is 3.02. The van der Waals surface area contributed by atoms with Crippen LogP contribution in [0.25, 0.3) is 16.6 Å². The molecule has 0 aliphatic carbocycles. The number of halogens is 1. The first kappa shape index (κ1) is 24.1. The van der Waals surface area contributed by atoms with Gasteiger partial charge in [0.15, 0.2) is 0 Å². The van der Waals surface area contributed by atoms with Gasteiger partial charge in [0.2, 0.25) is 5.91 Å². The zero-order valence-corrected chi connectivity index (χ0v) is 20.4. The molecule has 2 aromatic heterocycles. The monoisotopic (exact) mass is 489 g/mol. The quantitative estimate of drug-likeness (QED) is 0.366. The molecule has 36 heavy (non-hydrogen) atoms. The summed E-state index contributed by atoms with van der Waals surface area (Å²) in [5.41, 5.74) is 3.55. The molecule has 0 bridgehead atoms. The third kappa shape index (κ3) is 5.28. The maximum absolute atomic E-state index is 13.1. The van der Waals surface area contributed by atoms with Gasteiger partial charge in [-0.3, -0.25) is 14.5 Å². The van der Waals surface area contributed by atoms with E-state index in [0.717, 1.165) is 55.9 Å². The summed E-state index contributed by atoms with van der Waals surface area (Å²) >= 11 is 0. The molecule has 4 aromatic rings. The number of benzene rings is 2. The fraction of sp³-hybridized carbons (Fsp3) is 0.357. The summed E-state index contributed by atoms with van der Waals surface area (Å²) in [5.74, 6) is -0.183. The van der Waals surface area contributed by atoms with Crippen LogP contribution < -0.4 is 15.8 Å². The van der Waals surface area contributed by atoms with E-state index in [1.165, 1.54) is 12.1 Å². The van der Waals surface area contributed by atoms with E-state index in [4.69, 9.17) is 0 Å². The second-order valence-corrected chi connectivity index (χ2v) is 9.32. The van der Waals surface area contributed by atoms with Gasteiger partial charge in [-0.25, -0.2) is 4.39 Å². The summed E-state index contributed by atoms with van der Waals surface area (Å²) in [6, 6.07) is 18.3. The van der Waals surface area contributed by atoms with Crippen molar-refractivity contribution in [2.24, 2.45) is 0 Å². The summed E-state index contributed by atoms with van der Waals surface area (Å²) in [4.78, 5) is 30.0. The number of nitrogens with one attached hydrogen (secondary N) is 1. The molecule has 0 spiro atoms. The van der Waals surface area contributed by atoms with Crippen LogP contribution in [0.4, 0.5) is 10.1 Å². The van der Waals surface area contributed by atoms with Crippen molar-refractivity contribution in [2.75, 3.05) is 44.2 Å². The maximum Gasteiger partial charge on any atom is 0.275 e. The molecule has 188 valence electrons. The predicted octanol–water partition coefficient (Wildman–Crippen LogP) is 3.50. The lowest BCUT2D eigenvalue weighted by molar-refractivity contribution is -0.121. The number of carbonyl (C=O) groups is 1. The average molecular weight is 490 g/mol. The number of hydrogen-bond donors (Lipinski definition) is 1. The number of para-hydroxylation sites is 2. The average Bonchev–Trinajstić information content (AvgIpc) is 3.40. The number of rotatable bonds is 9. The van der Waals surface area contributed by atoms with Crippen molar-refractivity contribution < 1.29 is 9.18 Å². The zero-order valence-electron chi connectivity index (χ0n) is 20.4. The van der Waals surface area contributed by atoms with Crippen molar-refractivity contribution in [3.05, 3.63) is 83.0 Å². The van der Waals surface area contributed by atoms with E-state index in [1.54, 1.807) is 4.57 Å². The number of carbonyl (C=O) groups excluding carboxylic acids is 1. The molecule has 1 aliphatic rings. The molecular weight excluding hydrogens is 457 g/mol. The Kier molecular flexibility index (Phi) is 7.32. The van der Waals surface area contributed by atoms with Crippen LogP contribution in [0, 0.1) is 5.82 Å². The number of aryl methyl sites for hydroxylation is 1. The van der Waals surface area contributed by atoms with Gasteiger partial charge >= 0.3 is 0 Å². The molecule has 8 heteroatoms.